The maximum absolute atomic E-state index is 12.7. The van der Waals surface area contributed by atoms with Crippen molar-refractivity contribution in [2.75, 3.05) is 51.8 Å². The van der Waals surface area contributed by atoms with Crippen molar-refractivity contribution in [3.63, 3.8) is 0 Å². The minimum Gasteiger partial charge on any atom is -0.497 e. The quantitative estimate of drug-likeness (QED) is 0.662. The number of hydrogen-bond donors (Lipinski definition) is 1. The summed E-state index contributed by atoms with van der Waals surface area (Å²) in [5, 5.41) is 3.05. The van der Waals surface area contributed by atoms with E-state index in [1.807, 2.05) is 43.3 Å². The van der Waals surface area contributed by atoms with Crippen LogP contribution in [-0.2, 0) is 4.79 Å². The molecule has 1 N–H and O–H groups in total. The molecule has 2 aromatic rings. The third-order valence-corrected chi connectivity index (χ3v) is 5.91. The highest BCUT2D eigenvalue weighted by molar-refractivity contribution is 5.94. The summed E-state index contributed by atoms with van der Waals surface area (Å²) in [5.74, 6) is 2.22. The van der Waals surface area contributed by atoms with Crippen molar-refractivity contribution >= 4 is 11.6 Å². The maximum Gasteiger partial charge on any atom is 0.241 e. The van der Waals surface area contributed by atoms with Crippen LogP contribution in [0.3, 0.4) is 0 Å². The largest absolute Gasteiger partial charge is 0.497 e. The summed E-state index contributed by atoms with van der Waals surface area (Å²) in [6.45, 7) is 11.5. The number of benzene rings is 2. The number of ether oxygens (including phenoxy) is 2. The molecular formula is C25H35N3O3. The minimum atomic E-state index is -0.150. The van der Waals surface area contributed by atoms with Crippen LogP contribution in [0.4, 0.5) is 5.69 Å². The first-order chi connectivity index (χ1) is 15.0. The van der Waals surface area contributed by atoms with E-state index in [0.717, 1.165) is 49.9 Å². The van der Waals surface area contributed by atoms with Crippen LogP contribution in [0.1, 0.15) is 32.3 Å². The molecule has 1 atom stereocenters. The van der Waals surface area contributed by atoms with Crippen LogP contribution in [0.15, 0.2) is 48.5 Å². The smallest absolute Gasteiger partial charge is 0.241 e. The van der Waals surface area contributed by atoms with E-state index in [2.05, 4.69) is 41.1 Å². The first-order valence-electron chi connectivity index (χ1n) is 11.1. The van der Waals surface area contributed by atoms with Crippen molar-refractivity contribution in [1.29, 1.82) is 0 Å². The molecule has 6 nitrogen and oxygen atoms in total. The van der Waals surface area contributed by atoms with Crippen LogP contribution in [0, 0.1) is 0 Å². The van der Waals surface area contributed by atoms with Gasteiger partial charge in [-0.05, 0) is 54.8 Å². The Morgan fingerprint density at radius 1 is 0.935 bits per heavy atom. The molecule has 1 aliphatic rings. The van der Waals surface area contributed by atoms with E-state index in [-0.39, 0.29) is 11.9 Å². The summed E-state index contributed by atoms with van der Waals surface area (Å²) in [6, 6.07) is 15.6. The number of amides is 1. The number of carbonyl (C=O) groups is 1. The number of hydrogen-bond acceptors (Lipinski definition) is 5. The van der Waals surface area contributed by atoms with Gasteiger partial charge in [0.15, 0.2) is 0 Å². The lowest BCUT2D eigenvalue weighted by Crippen LogP contribution is -2.53. The van der Waals surface area contributed by atoms with Crippen molar-refractivity contribution in [2.45, 2.75) is 32.7 Å². The Balaban J connectivity index is 1.38. The van der Waals surface area contributed by atoms with Crippen LogP contribution in [0.2, 0.25) is 0 Å². The van der Waals surface area contributed by atoms with Crippen molar-refractivity contribution in [1.82, 2.24) is 9.80 Å². The molecule has 0 spiro atoms. The molecule has 3 rings (SSSR count). The summed E-state index contributed by atoms with van der Waals surface area (Å²) < 4.78 is 11.0. The van der Waals surface area contributed by atoms with Gasteiger partial charge in [0.25, 0.3) is 0 Å². The van der Waals surface area contributed by atoms with Gasteiger partial charge in [-0.2, -0.15) is 0 Å². The molecule has 1 aliphatic heterocycles. The van der Waals surface area contributed by atoms with Gasteiger partial charge in [0.1, 0.15) is 18.1 Å². The lowest BCUT2D eigenvalue weighted by Gasteiger charge is -2.37. The minimum absolute atomic E-state index is 0.0496. The fraction of sp³-hybridized carbons (Fsp3) is 0.480. The third-order valence-electron chi connectivity index (χ3n) is 5.91. The Morgan fingerprint density at radius 2 is 1.55 bits per heavy atom. The van der Waals surface area contributed by atoms with E-state index < -0.39 is 0 Å². The zero-order valence-corrected chi connectivity index (χ0v) is 19.1. The number of anilines is 1. The molecule has 2 aromatic carbocycles. The topological polar surface area (TPSA) is 54.0 Å². The van der Waals surface area contributed by atoms with E-state index in [9.17, 15) is 4.79 Å². The zero-order chi connectivity index (χ0) is 22.2. The van der Waals surface area contributed by atoms with E-state index in [4.69, 9.17) is 9.47 Å². The molecule has 31 heavy (non-hydrogen) atoms. The van der Waals surface area contributed by atoms with Crippen LogP contribution in [0.5, 0.6) is 11.5 Å². The van der Waals surface area contributed by atoms with Gasteiger partial charge in [-0.1, -0.05) is 26.0 Å². The zero-order valence-electron chi connectivity index (χ0n) is 19.1. The SMILES string of the molecule is COc1ccc(OCCN2CCN([C@H](C)C(=O)Nc3ccc(C(C)C)cc3)CC2)cc1. The van der Waals surface area contributed by atoms with Crippen molar-refractivity contribution in [3.8, 4) is 11.5 Å². The average Bonchev–Trinajstić information content (AvgIpc) is 2.80. The van der Waals surface area contributed by atoms with Gasteiger partial charge in [0.05, 0.1) is 13.2 Å². The number of nitrogens with zero attached hydrogens (tertiary/aromatic N) is 2. The highest BCUT2D eigenvalue weighted by Gasteiger charge is 2.25. The van der Waals surface area contributed by atoms with Crippen molar-refractivity contribution < 1.29 is 14.3 Å². The Morgan fingerprint density at radius 3 is 2.13 bits per heavy atom. The lowest BCUT2D eigenvalue weighted by atomic mass is 10.0. The van der Waals surface area contributed by atoms with E-state index >= 15 is 0 Å². The summed E-state index contributed by atoms with van der Waals surface area (Å²) >= 11 is 0. The summed E-state index contributed by atoms with van der Waals surface area (Å²) in [4.78, 5) is 17.3. The maximum atomic E-state index is 12.7. The van der Waals surface area contributed by atoms with Gasteiger partial charge in [-0.3, -0.25) is 14.6 Å². The first-order valence-corrected chi connectivity index (χ1v) is 11.1. The summed E-state index contributed by atoms with van der Waals surface area (Å²) in [7, 11) is 1.66. The molecule has 0 unspecified atom stereocenters. The standard InChI is InChI=1S/C25H35N3O3/c1-19(2)21-5-7-22(8-6-21)26-25(29)20(3)28-15-13-27(14-16-28)17-18-31-24-11-9-23(30-4)10-12-24/h5-12,19-20H,13-18H2,1-4H3,(H,26,29)/t20-/m1/s1. The third kappa shape index (κ3) is 6.71. The monoisotopic (exact) mass is 425 g/mol. The van der Waals surface area contributed by atoms with Crippen molar-refractivity contribution in [3.05, 3.63) is 54.1 Å². The predicted octanol–water partition coefficient (Wildman–Crippen LogP) is 3.84. The molecule has 1 fully saturated rings. The van der Waals surface area contributed by atoms with Gasteiger partial charge >= 0.3 is 0 Å². The van der Waals surface area contributed by atoms with Crippen LogP contribution >= 0.6 is 0 Å². The number of rotatable bonds is 9. The molecule has 0 radical (unpaired) electrons. The second-order valence-electron chi connectivity index (χ2n) is 8.34. The Labute approximate surface area is 186 Å². The first kappa shape index (κ1) is 23.1. The average molecular weight is 426 g/mol. The molecule has 0 aromatic heterocycles. The van der Waals surface area contributed by atoms with Crippen LogP contribution < -0.4 is 14.8 Å². The van der Waals surface area contributed by atoms with E-state index in [1.54, 1.807) is 7.11 Å². The fourth-order valence-electron chi connectivity index (χ4n) is 3.70. The van der Waals surface area contributed by atoms with Gasteiger partial charge < -0.3 is 14.8 Å². The van der Waals surface area contributed by atoms with Crippen LogP contribution in [-0.4, -0.2) is 68.2 Å². The molecule has 1 amide bonds. The number of methoxy groups -OCH3 is 1. The number of carbonyl (C=O) groups excluding carboxylic acids is 1. The van der Waals surface area contributed by atoms with E-state index in [1.165, 1.54) is 5.56 Å². The summed E-state index contributed by atoms with van der Waals surface area (Å²) in [5.41, 5.74) is 2.13. The van der Waals surface area contributed by atoms with Crippen LogP contribution in [0.25, 0.3) is 0 Å². The molecule has 0 saturated carbocycles. The van der Waals surface area contributed by atoms with Gasteiger partial charge in [-0.25, -0.2) is 0 Å². The number of piperazine rings is 1. The highest BCUT2D eigenvalue weighted by Crippen LogP contribution is 2.19. The molecular weight excluding hydrogens is 390 g/mol. The number of nitrogens with one attached hydrogen (secondary N) is 1. The molecule has 0 bridgehead atoms. The fourth-order valence-corrected chi connectivity index (χ4v) is 3.70. The van der Waals surface area contributed by atoms with Gasteiger partial charge in [-0.15, -0.1) is 0 Å². The normalized spacial score (nSPS) is 16.2. The highest BCUT2D eigenvalue weighted by atomic mass is 16.5. The van der Waals surface area contributed by atoms with E-state index in [0.29, 0.717) is 12.5 Å². The molecule has 1 saturated heterocycles. The van der Waals surface area contributed by atoms with Crippen molar-refractivity contribution in [2.24, 2.45) is 0 Å². The predicted molar refractivity (Wildman–Crippen MR) is 125 cm³/mol. The Kier molecular flexibility index (Phi) is 8.32. The lowest BCUT2D eigenvalue weighted by molar-refractivity contribution is -0.121. The second-order valence-corrected chi connectivity index (χ2v) is 8.34. The van der Waals surface area contributed by atoms with Gasteiger partial charge in [0, 0.05) is 38.4 Å². The molecule has 0 aliphatic carbocycles. The second kappa shape index (κ2) is 11.2. The van der Waals surface area contributed by atoms with Gasteiger partial charge in [0.2, 0.25) is 5.91 Å². The Bertz CT molecular complexity index is 813. The Hall–Kier alpha value is -2.57. The molecule has 6 heteroatoms. The molecule has 1 heterocycles. The molecule has 168 valence electrons. The summed E-state index contributed by atoms with van der Waals surface area (Å²) in [6.07, 6.45) is 0.